The van der Waals surface area contributed by atoms with Crippen LogP contribution in [-0.4, -0.2) is 107 Å². The van der Waals surface area contributed by atoms with E-state index >= 15 is 0 Å². The van der Waals surface area contributed by atoms with Gasteiger partial charge in [-0.15, -0.1) is 11.3 Å². The lowest BCUT2D eigenvalue weighted by Gasteiger charge is -2.15. The molecule has 2 aliphatic rings. The van der Waals surface area contributed by atoms with Crippen LogP contribution in [0.2, 0.25) is 0 Å². The minimum Gasteiger partial charge on any atom is -0.492 e. The molecule has 4 N–H and O–H groups in total. The monoisotopic (exact) mass is 706 g/mol. The number of thiophene rings is 1. The van der Waals surface area contributed by atoms with Crippen LogP contribution in [0.25, 0.3) is 20.5 Å². The predicted octanol–water partition coefficient (Wildman–Crippen LogP) is 5.42. The van der Waals surface area contributed by atoms with Crippen LogP contribution < -0.4 is 9.47 Å². The molecule has 0 aliphatic carbocycles. The Morgan fingerprint density at radius 1 is 0.600 bits per heavy atom. The summed E-state index contributed by atoms with van der Waals surface area (Å²) < 4.78 is 13.4. The fraction of sp³-hybridized carbons (Fsp3) is 0.351. The molecule has 4 aromatic rings. The first-order chi connectivity index (χ1) is 24.1. The summed E-state index contributed by atoms with van der Waals surface area (Å²) in [7, 11) is 0. The van der Waals surface area contributed by atoms with Crippen LogP contribution in [0.15, 0.2) is 72.8 Å². The fourth-order valence-electron chi connectivity index (χ4n) is 5.72. The van der Waals surface area contributed by atoms with Crippen LogP contribution in [0.1, 0.15) is 36.8 Å². The molecule has 0 saturated carbocycles. The number of aliphatic carboxylic acids is 4. The Hall–Kier alpha value is -4.98. The lowest BCUT2D eigenvalue weighted by atomic mass is 9.99. The summed E-state index contributed by atoms with van der Waals surface area (Å²) in [4.78, 5) is 42.7. The zero-order valence-electron chi connectivity index (χ0n) is 27.7. The second kappa shape index (κ2) is 19.3. The molecule has 0 spiro atoms. The van der Waals surface area contributed by atoms with Gasteiger partial charge in [-0.1, -0.05) is 30.3 Å². The summed E-state index contributed by atoms with van der Waals surface area (Å²) in [6.45, 7) is 8.42. The fourth-order valence-corrected chi connectivity index (χ4v) is 6.94. The first kappa shape index (κ1) is 37.8. The van der Waals surface area contributed by atoms with Crippen LogP contribution in [0.3, 0.4) is 0 Å². The second-order valence-electron chi connectivity index (χ2n) is 11.8. The SMILES string of the molecule is O=C(O)C(=O)O.O=C(O)C(=O)O.c1ccc2c(Cc3ccc(OCCN4CCCC4)cc3)c(-c3ccc(OCCN4CCCC4)cc3)sc2c1. The number of ether oxygens (including phenoxy) is 2. The lowest BCUT2D eigenvalue weighted by Crippen LogP contribution is -2.25. The van der Waals surface area contributed by atoms with Crippen molar-refractivity contribution in [3.8, 4) is 21.9 Å². The molecule has 0 unspecified atom stereocenters. The zero-order chi connectivity index (χ0) is 35.9. The van der Waals surface area contributed by atoms with Gasteiger partial charge in [0.15, 0.2) is 0 Å². The number of nitrogens with zero attached hydrogens (tertiary/aromatic N) is 2. The highest BCUT2D eigenvalue weighted by atomic mass is 32.1. The quantitative estimate of drug-likeness (QED) is 0.146. The number of rotatable bonds is 11. The molecule has 2 saturated heterocycles. The first-order valence-electron chi connectivity index (χ1n) is 16.4. The molecule has 0 radical (unpaired) electrons. The highest BCUT2D eigenvalue weighted by molar-refractivity contribution is 7.22. The summed E-state index contributed by atoms with van der Waals surface area (Å²) in [6.07, 6.45) is 6.20. The average Bonchev–Trinajstić information content (AvgIpc) is 3.89. The van der Waals surface area contributed by atoms with Crippen LogP contribution in [-0.2, 0) is 25.6 Å². The van der Waals surface area contributed by atoms with E-state index in [9.17, 15) is 0 Å². The summed E-state index contributed by atoms with van der Waals surface area (Å²) in [5, 5.41) is 30.9. The van der Waals surface area contributed by atoms with Crippen molar-refractivity contribution in [2.75, 3.05) is 52.5 Å². The van der Waals surface area contributed by atoms with E-state index in [0.29, 0.717) is 0 Å². The minimum absolute atomic E-state index is 0.755. The smallest absolute Gasteiger partial charge is 0.414 e. The maximum Gasteiger partial charge on any atom is 0.414 e. The molecule has 3 heterocycles. The van der Waals surface area contributed by atoms with Gasteiger partial charge < -0.3 is 29.9 Å². The van der Waals surface area contributed by atoms with Gasteiger partial charge in [-0.05, 0) is 123 Å². The van der Waals surface area contributed by atoms with Gasteiger partial charge in [-0.25, -0.2) is 19.2 Å². The van der Waals surface area contributed by atoms with E-state index in [2.05, 4.69) is 82.6 Å². The first-order valence-corrected chi connectivity index (χ1v) is 17.2. The van der Waals surface area contributed by atoms with Gasteiger partial charge in [-0.2, -0.15) is 0 Å². The summed E-state index contributed by atoms with van der Waals surface area (Å²) >= 11 is 1.89. The third kappa shape index (κ3) is 11.9. The van der Waals surface area contributed by atoms with Gasteiger partial charge >= 0.3 is 23.9 Å². The number of likely N-dealkylation sites (tertiary alicyclic amines) is 2. The molecular weight excluding hydrogens is 664 g/mol. The molecule has 0 bridgehead atoms. The van der Waals surface area contributed by atoms with Crippen molar-refractivity contribution in [2.45, 2.75) is 32.1 Å². The van der Waals surface area contributed by atoms with Gasteiger partial charge in [0, 0.05) is 22.7 Å². The van der Waals surface area contributed by atoms with Crippen LogP contribution in [0.5, 0.6) is 11.5 Å². The van der Waals surface area contributed by atoms with Crippen LogP contribution >= 0.6 is 11.3 Å². The number of carboxylic acids is 4. The number of hydrogen-bond donors (Lipinski definition) is 4. The van der Waals surface area contributed by atoms with E-state index in [1.807, 2.05) is 11.3 Å². The van der Waals surface area contributed by atoms with Gasteiger partial charge in [0.25, 0.3) is 0 Å². The third-order valence-corrected chi connectivity index (χ3v) is 9.50. The van der Waals surface area contributed by atoms with Crippen LogP contribution in [0.4, 0.5) is 0 Å². The number of fused-ring (bicyclic) bond motifs is 1. The van der Waals surface area contributed by atoms with Crippen molar-refractivity contribution in [3.63, 3.8) is 0 Å². The third-order valence-electron chi connectivity index (χ3n) is 8.23. The minimum atomic E-state index is -1.82. The van der Waals surface area contributed by atoms with Crippen molar-refractivity contribution in [1.29, 1.82) is 0 Å². The number of carboxylic acid groups (broad SMARTS) is 4. The Morgan fingerprint density at radius 3 is 1.50 bits per heavy atom. The average molecular weight is 707 g/mol. The van der Waals surface area contributed by atoms with E-state index in [0.717, 1.165) is 44.2 Å². The van der Waals surface area contributed by atoms with Gasteiger partial charge in [0.05, 0.1) is 0 Å². The molecular formula is C37H42N2O10S. The lowest BCUT2D eigenvalue weighted by molar-refractivity contribution is -0.159. The molecule has 6 rings (SSSR count). The van der Waals surface area contributed by atoms with Crippen molar-refractivity contribution >= 4 is 45.3 Å². The normalized spacial score (nSPS) is 14.2. The molecule has 13 heteroatoms. The largest absolute Gasteiger partial charge is 0.492 e. The van der Waals surface area contributed by atoms with E-state index in [4.69, 9.17) is 49.1 Å². The summed E-state index contributed by atoms with van der Waals surface area (Å²) in [5.74, 6) is -5.38. The van der Waals surface area contributed by atoms with Crippen molar-refractivity contribution in [1.82, 2.24) is 9.80 Å². The molecule has 3 aromatic carbocycles. The Labute approximate surface area is 294 Å². The van der Waals surface area contributed by atoms with E-state index in [-0.39, 0.29) is 0 Å². The van der Waals surface area contributed by atoms with Crippen LogP contribution in [0, 0.1) is 0 Å². The molecule has 50 heavy (non-hydrogen) atoms. The van der Waals surface area contributed by atoms with Crippen molar-refractivity contribution < 1.29 is 49.1 Å². The van der Waals surface area contributed by atoms with Crippen molar-refractivity contribution in [2.24, 2.45) is 0 Å². The maximum atomic E-state index is 9.10. The highest BCUT2D eigenvalue weighted by Crippen LogP contribution is 2.40. The topological polar surface area (TPSA) is 174 Å². The van der Waals surface area contributed by atoms with Crippen molar-refractivity contribution in [3.05, 3.63) is 83.9 Å². The molecule has 12 nitrogen and oxygen atoms in total. The van der Waals surface area contributed by atoms with Gasteiger partial charge in [-0.3, -0.25) is 9.80 Å². The molecule has 266 valence electrons. The number of benzene rings is 3. The number of hydrogen-bond acceptors (Lipinski definition) is 9. The number of carbonyl (C=O) groups is 4. The standard InChI is InChI=1S/C33H38N2O2S.2C2H2O4/c1-2-8-32-30(7-1)31(25-26-9-13-28(14-10-26)36-23-21-34-17-3-4-18-34)33(38-32)27-11-15-29(16-12-27)37-24-22-35-19-5-6-20-35;2*3-1(4)2(5)6/h1-2,7-16H,3-6,17-25H2;2*(H,3,4)(H,5,6). The van der Waals surface area contributed by atoms with Gasteiger partial charge in [0.2, 0.25) is 0 Å². The zero-order valence-corrected chi connectivity index (χ0v) is 28.5. The Balaban J connectivity index is 0.000000404. The molecule has 2 aliphatic heterocycles. The van der Waals surface area contributed by atoms with Gasteiger partial charge in [0.1, 0.15) is 24.7 Å². The predicted molar refractivity (Wildman–Crippen MR) is 189 cm³/mol. The summed E-state index contributed by atoms with van der Waals surface area (Å²) in [5.41, 5.74) is 3.97. The Kier molecular flexibility index (Phi) is 14.6. The van der Waals surface area contributed by atoms with E-state index in [1.54, 1.807) is 0 Å². The Bertz CT molecular complexity index is 1660. The molecule has 0 amide bonds. The highest BCUT2D eigenvalue weighted by Gasteiger charge is 2.16. The summed E-state index contributed by atoms with van der Waals surface area (Å²) in [6, 6.07) is 26.2. The molecule has 2 fully saturated rings. The molecule has 1 aromatic heterocycles. The Morgan fingerprint density at radius 2 is 1.04 bits per heavy atom. The van der Waals surface area contributed by atoms with E-state index in [1.165, 1.54) is 83.5 Å². The second-order valence-corrected chi connectivity index (χ2v) is 12.8. The maximum absolute atomic E-state index is 9.10. The molecule has 0 atom stereocenters. The van der Waals surface area contributed by atoms with E-state index < -0.39 is 23.9 Å².